The third kappa shape index (κ3) is 14.2. The van der Waals surface area contributed by atoms with Gasteiger partial charge in [-0.3, -0.25) is 9.80 Å². The number of ether oxygens (including phenoxy) is 1. The molecule has 2 saturated heterocycles. The van der Waals surface area contributed by atoms with Gasteiger partial charge in [-0.05, 0) is 20.8 Å². The quantitative estimate of drug-likeness (QED) is 0.648. The molecular formula is C19H37ClF4N4O2. The molecule has 2 aliphatic rings. The molecule has 2 fully saturated rings. The number of hydrogen-bond acceptors (Lipinski definition) is 5. The second-order valence-electron chi connectivity index (χ2n) is 8.91. The van der Waals surface area contributed by atoms with E-state index in [9.17, 15) is 22.4 Å². The van der Waals surface area contributed by atoms with Gasteiger partial charge in [-0.15, -0.1) is 12.4 Å². The lowest BCUT2D eigenvalue weighted by Crippen LogP contribution is -2.52. The first-order chi connectivity index (χ1) is 13.1. The second-order valence-corrected chi connectivity index (χ2v) is 8.91. The Bertz CT molecular complexity index is 496. The van der Waals surface area contributed by atoms with E-state index in [-0.39, 0.29) is 31.6 Å². The van der Waals surface area contributed by atoms with Crippen molar-refractivity contribution in [2.45, 2.75) is 52.1 Å². The van der Waals surface area contributed by atoms with Crippen molar-refractivity contribution >= 4 is 18.5 Å². The molecule has 6 nitrogen and oxygen atoms in total. The molecule has 0 unspecified atom stereocenters. The normalized spacial score (nSPS) is 19.4. The molecule has 1 N–H and O–H groups in total. The highest BCUT2D eigenvalue weighted by molar-refractivity contribution is 5.85. The highest BCUT2D eigenvalue weighted by Crippen LogP contribution is 2.16. The van der Waals surface area contributed by atoms with Crippen LogP contribution in [0.3, 0.4) is 0 Å². The number of hydrogen-bond donors (Lipinski definition) is 1. The minimum Gasteiger partial charge on any atom is -0.444 e. The summed E-state index contributed by atoms with van der Waals surface area (Å²) in [5.41, 5.74) is -0.523. The van der Waals surface area contributed by atoms with E-state index in [1.54, 1.807) is 35.5 Å². The first-order valence-electron chi connectivity index (χ1n) is 10.0. The molecule has 0 aliphatic carbocycles. The topological polar surface area (TPSA) is 48.1 Å². The Labute approximate surface area is 183 Å². The van der Waals surface area contributed by atoms with Gasteiger partial charge in [-0.25, -0.2) is 22.4 Å². The van der Waals surface area contributed by atoms with Gasteiger partial charge >= 0.3 is 6.09 Å². The van der Waals surface area contributed by atoms with Crippen LogP contribution in [0.15, 0.2) is 0 Å². The summed E-state index contributed by atoms with van der Waals surface area (Å²) in [6.45, 7) is 11.9. The van der Waals surface area contributed by atoms with Crippen LogP contribution in [0.2, 0.25) is 0 Å². The zero-order valence-electron chi connectivity index (χ0n) is 18.6. The SMILES string of the molecule is CC(F)(F)CN1CCN(C(=O)OC(C)(C)C)CC1.CC(F)(F)CN1CCNCC1.Cl. The average molecular weight is 465 g/mol. The monoisotopic (exact) mass is 464 g/mol. The molecule has 1 amide bonds. The van der Waals surface area contributed by atoms with Gasteiger partial charge in [0.1, 0.15) is 5.60 Å². The molecule has 180 valence electrons. The van der Waals surface area contributed by atoms with Crippen molar-refractivity contribution < 1.29 is 27.1 Å². The Balaban J connectivity index is 0.000000603. The molecule has 0 aromatic heterocycles. The molecule has 0 aromatic carbocycles. The van der Waals surface area contributed by atoms with Gasteiger partial charge in [0.25, 0.3) is 11.8 Å². The number of amides is 1. The number of nitrogens with one attached hydrogen (secondary N) is 1. The first kappa shape index (κ1) is 29.2. The summed E-state index contributed by atoms with van der Waals surface area (Å²) in [4.78, 5) is 16.8. The third-order valence-electron chi connectivity index (χ3n) is 4.24. The van der Waals surface area contributed by atoms with Gasteiger partial charge in [0.2, 0.25) is 0 Å². The van der Waals surface area contributed by atoms with E-state index in [2.05, 4.69) is 5.32 Å². The van der Waals surface area contributed by atoms with Crippen LogP contribution >= 0.6 is 12.4 Å². The van der Waals surface area contributed by atoms with Crippen molar-refractivity contribution in [1.29, 1.82) is 0 Å². The average Bonchev–Trinajstić information content (AvgIpc) is 2.52. The number of piperazine rings is 2. The van der Waals surface area contributed by atoms with E-state index in [0.29, 0.717) is 26.2 Å². The third-order valence-corrected chi connectivity index (χ3v) is 4.24. The molecule has 11 heteroatoms. The maximum Gasteiger partial charge on any atom is 0.410 e. The molecule has 30 heavy (non-hydrogen) atoms. The molecule has 0 atom stereocenters. The van der Waals surface area contributed by atoms with Gasteiger partial charge in [0, 0.05) is 66.2 Å². The van der Waals surface area contributed by atoms with Gasteiger partial charge in [0.15, 0.2) is 0 Å². The van der Waals surface area contributed by atoms with Crippen LogP contribution in [0.5, 0.6) is 0 Å². The van der Waals surface area contributed by atoms with Crippen LogP contribution in [0.1, 0.15) is 34.6 Å². The van der Waals surface area contributed by atoms with Gasteiger partial charge in [0.05, 0.1) is 13.1 Å². The molecule has 0 bridgehead atoms. The zero-order valence-corrected chi connectivity index (χ0v) is 19.5. The molecular weight excluding hydrogens is 428 g/mol. The van der Waals surface area contributed by atoms with E-state index >= 15 is 0 Å². The predicted molar refractivity (Wildman–Crippen MR) is 112 cm³/mol. The standard InChI is InChI=1S/C12H22F2N2O2.C7H14F2N2.ClH/c1-11(2,3)18-10(17)16-7-5-15(6-8-16)9-12(4,13)14;1-7(8,9)6-11-4-2-10-3-5-11;/h5-9H2,1-4H3;10H,2-6H2,1H3;1H. The molecule has 0 radical (unpaired) electrons. The zero-order chi connectivity index (χ0) is 22.3. The summed E-state index contributed by atoms with van der Waals surface area (Å²) < 4.78 is 55.8. The maximum absolute atomic E-state index is 12.8. The van der Waals surface area contributed by atoms with Gasteiger partial charge in [-0.2, -0.15) is 0 Å². The molecule has 0 aromatic rings. The molecule has 0 spiro atoms. The number of rotatable bonds is 4. The summed E-state index contributed by atoms with van der Waals surface area (Å²) in [6, 6.07) is 0. The lowest BCUT2D eigenvalue weighted by Gasteiger charge is -2.36. The van der Waals surface area contributed by atoms with Crippen LogP contribution in [0.25, 0.3) is 0 Å². The lowest BCUT2D eigenvalue weighted by atomic mass is 10.2. The van der Waals surface area contributed by atoms with Crippen molar-refractivity contribution in [3.8, 4) is 0 Å². The second kappa shape index (κ2) is 12.3. The van der Waals surface area contributed by atoms with Crippen LogP contribution in [0, 0.1) is 0 Å². The minimum atomic E-state index is -2.69. The van der Waals surface area contributed by atoms with E-state index in [1.807, 2.05) is 0 Å². The van der Waals surface area contributed by atoms with Crippen molar-refractivity contribution in [2.24, 2.45) is 0 Å². The van der Waals surface area contributed by atoms with Crippen molar-refractivity contribution in [2.75, 3.05) is 65.4 Å². The Hall–Kier alpha value is -0.840. The first-order valence-corrected chi connectivity index (χ1v) is 10.0. The molecule has 2 aliphatic heterocycles. The smallest absolute Gasteiger partial charge is 0.410 e. The van der Waals surface area contributed by atoms with Crippen molar-refractivity contribution in [1.82, 2.24) is 20.0 Å². The van der Waals surface area contributed by atoms with Crippen molar-refractivity contribution in [3.63, 3.8) is 0 Å². The maximum atomic E-state index is 12.8. The van der Waals surface area contributed by atoms with Crippen LogP contribution in [-0.4, -0.2) is 104 Å². The summed E-state index contributed by atoms with van der Waals surface area (Å²) in [6.07, 6.45) is -0.370. The lowest BCUT2D eigenvalue weighted by molar-refractivity contribution is -0.0297. The largest absolute Gasteiger partial charge is 0.444 e. The number of carbonyl (C=O) groups is 1. The van der Waals surface area contributed by atoms with E-state index in [1.165, 1.54) is 0 Å². The Kier molecular flexibility index (Phi) is 11.9. The van der Waals surface area contributed by atoms with E-state index in [0.717, 1.165) is 40.0 Å². The minimum absolute atomic E-state index is 0. The summed E-state index contributed by atoms with van der Waals surface area (Å²) in [5.74, 6) is -5.23. The number of carbonyl (C=O) groups excluding carboxylic acids is 1. The predicted octanol–water partition coefficient (Wildman–Crippen LogP) is 3.16. The van der Waals surface area contributed by atoms with E-state index < -0.39 is 17.4 Å². The number of alkyl halides is 4. The fraction of sp³-hybridized carbons (Fsp3) is 0.947. The van der Waals surface area contributed by atoms with Gasteiger partial charge in [-0.1, -0.05) is 0 Å². The van der Waals surface area contributed by atoms with Crippen LogP contribution < -0.4 is 5.32 Å². The summed E-state index contributed by atoms with van der Waals surface area (Å²) in [7, 11) is 0. The molecule has 2 heterocycles. The highest BCUT2D eigenvalue weighted by atomic mass is 35.5. The fourth-order valence-corrected chi connectivity index (χ4v) is 3.07. The van der Waals surface area contributed by atoms with Crippen molar-refractivity contribution in [3.05, 3.63) is 0 Å². The number of nitrogens with zero attached hydrogens (tertiary/aromatic N) is 3. The fourth-order valence-electron chi connectivity index (χ4n) is 3.07. The molecule has 0 saturated carbocycles. The van der Waals surface area contributed by atoms with Crippen LogP contribution in [-0.2, 0) is 4.74 Å². The Morgan fingerprint density at radius 2 is 1.20 bits per heavy atom. The molecule has 2 rings (SSSR count). The van der Waals surface area contributed by atoms with Crippen LogP contribution in [0.4, 0.5) is 22.4 Å². The summed E-state index contributed by atoms with van der Waals surface area (Å²) >= 11 is 0. The highest BCUT2D eigenvalue weighted by Gasteiger charge is 2.30. The Morgan fingerprint density at radius 3 is 1.57 bits per heavy atom. The Morgan fingerprint density at radius 1 is 0.800 bits per heavy atom. The van der Waals surface area contributed by atoms with E-state index in [4.69, 9.17) is 4.74 Å². The summed E-state index contributed by atoms with van der Waals surface area (Å²) in [5, 5.41) is 3.11. The van der Waals surface area contributed by atoms with Gasteiger partial charge < -0.3 is 15.0 Å². The number of halogens is 5.